The van der Waals surface area contributed by atoms with Crippen LogP contribution in [0.5, 0.6) is 5.75 Å². The molecule has 4 aromatic rings. The normalized spacial score (nSPS) is 10.6. The van der Waals surface area contributed by atoms with Crippen molar-refractivity contribution >= 4 is 34.1 Å². The van der Waals surface area contributed by atoms with Crippen molar-refractivity contribution < 1.29 is 23.9 Å². The van der Waals surface area contributed by atoms with Crippen molar-refractivity contribution in [3.8, 4) is 17.0 Å². The second-order valence-electron chi connectivity index (χ2n) is 8.41. The summed E-state index contributed by atoms with van der Waals surface area (Å²) < 4.78 is 10.2. The monoisotopic (exact) mass is 528 g/mol. The number of ether oxygens (including phenoxy) is 2. The molecule has 0 aliphatic heterocycles. The minimum absolute atomic E-state index is 0.0359. The summed E-state index contributed by atoms with van der Waals surface area (Å²) in [6.45, 7) is 1.81. The van der Waals surface area contributed by atoms with E-state index in [0.29, 0.717) is 22.9 Å². The minimum Gasteiger partial charge on any atom is -0.482 e. The Morgan fingerprint density at radius 1 is 0.868 bits per heavy atom. The van der Waals surface area contributed by atoms with Crippen LogP contribution in [0.3, 0.4) is 0 Å². The number of nitrogens with zero attached hydrogens (tertiary/aromatic N) is 1. The van der Waals surface area contributed by atoms with Crippen molar-refractivity contribution in [2.24, 2.45) is 0 Å². The van der Waals surface area contributed by atoms with E-state index in [-0.39, 0.29) is 37.7 Å². The van der Waals surface area contributed by atoms with Crippen molar-refractivity contribution in [2.75, 3.05) is 18.5 Å². The van der Waals surface area contributed by atoms with Crippen LogP contribution in [0.4, 0.5) is 5.13 Å². The quantitative estimate of drug-likeness (QED) is 0.181. The number of hydrogen-bond acceptors (Lipinski definition) is 7. The summed E-state index contributed by atoms with van der Waals surface area (Å²) in [5, 5.41) is 3.37. The number of carbonyl (C=O) groups excluding carboxylic acids is 3. The lowest BCUT2D eigenvalue weighted by Gasteiger charge is -2.06. The lowest BCUT2D eigenvalue weighted by molar-refractivity contribution is -0.145. The van der Waals surface area contributed by atoms with E-state index in [2.05, 4.69) is 17.4 Å². The van der Waals surface area contributed by atoms with Gasteiger partial charge in [0.1, 0.15) is 5.75 Å². The predicted octanol–water partition coefficient (Wildman–Crippen LogP) is 5.94. The molecule has 0 unspecified atom stereocenters. The van der Waals surface area contributed by atoms with Gasteiger partial charge in [-0.15, -0.1) is 11.3 Å². The van der Waals surface area contributed by atoms with Gasteiger partial charge in [0, 0.05) is 35.3 Å². The fourth-order valence-electron chi connectivity index (χ4n) is 3.76. The summed E-state index contributed by atoms with van der Waals surface area (Å²) in [5.41, 5.74) is 3.46. The van der Waals surface area contributed by atoms with Gasteiger partial charge < -0.3 is 14.8 Å². The molecule has 0 atom stereocenters. The van der Waals surface area contributed by atoms with Crippen LogP contribution in [0.2, 0.25) is 0 Å². The average molecular weight is 529 g/mol. The van der Waals surface area contributed by atoms with E-state index in [9.17, 15) is 14.4 Å². The minimum atomic E-state index is -0.457. The number of esters is 1. The number of ketones is 1. The molecule has 1 amide bonds. The first-order chi connectivity index (χ1) is 18.5. The first-order valence-electron chi connectivity index (χ1n) is 12.3. The molecule has 4 rings (SSSR count). The van der Waals surface area contributed by atoms with E-state index >= 15 is 0 Å². The van der Waals surface area contributed by atoms with Crippen LogP contribution in [-0.4, -0.2) is 35.9 Å². The maximum atomic E-state index is 12.7. The van der Waals surface area contributed by atoms with Crippen molar-refractivity contribution in [1.82, 2.24) is 4.98 Å². The number of Topliss-reactive ketones (excluding diaryl/α,β-unsaturated/α-hetero) is 1. The number of carbonyl (C=O) groups is 3. The summed E-state index contributed by atoms with van der Waals surface area (Å²) in [4.78, 5) is 42.4. The number of benzene rings is 3. The molecule has 1 N–H and O–H groups in total. The second kappa shape index (κ2) is 13.3. The summed E-state index contributed by atoms with van der Waals surface area (Å²) in [5.74, 6) is -0.433. The number of thiazole rings is 1. The highest BCUT2D eigenvalue weighted by molar-refractivity contribution is 7.16. The van der Waals surface area contributed by atoms with Crippen LogP contribution in [0.15, 0.2) is 84.9 Å². The zero-order chi connectivity index (χ0) is 26.7. The maximum absolute atomic E-state index is 12.7. The molecule has 1 heterocycles. The Kier molecular flexibility index (Phi) is 9.37. The highest BCUT2D eigenvalue weighted by atomic mass is 32.1. The zero-order valence-corrected chi connectivity index (χ0v) is 21.8. The summed E-state index contributed by atoms with van der Waals surface area (Å²) in [6, 6.07) is 26.5. The van der Waals surface area contributed by atoms with Gasteiger partial charge in [-0.05, 0) is 36.8 Å². The zero-order valence-electron chi connectivity index (χ0n) is 21.0. The van der Waals surface area contributed by atoms with Gasteiger partial charge in [0.25, 0.3) is 0 Å². The SMILES string of the molecule is CCOC(=O)COc1ccc(C(=O)CCC(=O)Nc2nc(-c3ccccc3)c(Cc3ccccc3)s2)cc1. The van der Waals surface area contributed by atoms with E-state index < -0.39 is 5.97 Å². The highest BCUT2D eigenvalue weighted by Gasteiger charge is 2.16. The number of hydrogen-bond donors (Lipinski definition) is 1. The van der Waals surface area contributed by atoms with Gasteiger partial charge in [0.15, 0.2) is 17.5 Å². The van der Waals surface area contributed by atoms with Crippen LogP contribution in [0, 0.1) is 0 Å². The van der Waals surface area contributed by atoms with Crippen LogP contribution >= 0.6 is 11.3 Å². The standard InChI is InChI=1S/C30H28N2O5S/c1-2-36-28(35)20-37-24-15-13-22(14-16-24)25(33)17-18-27(34)31-30-32-29(23-11-7-4-8-12-23)26(38-30)19-21-9-5-3-6-10-21/h3-16H,2,17-20H2,1H3,(H,31,32,34). The number of aromatic nitrogens is 1. The third-order valence-electron chi connectivity index (χ3n) is 5.62. The molecule has 38 heavy (non-hydrogen) atoms. The molecule has 1 aromatic heterocycles. The van der Waals surface area contributed by atoms with E-state index in [1.165, 1.54) is 11.3 Å². The Labute approximate surface area is 225 Å². The van der Waals surface area contributed by atoms with Gasteiger partial charge in [-0.3, -0.25) is 9.59 Å². The van der Waals surface area contributed by atoms with Gasteiger partial charge in [-0.1, -0.05) is 60.7 Å². The third kappa shape index (κ3) is 7.60. The van der Waals surface area contributed by atoms with Crippen molar-refractivity contribution in [1.29, 1.82) is 0 Å². The molecule has 3 aromatic carbocycles. The fraction of sp³-hybridized carbons (Fsp3) is 0.200. The van der Waals surface area contributed by atoms with Gasteiger partial charge in [0.05, 0.1) is 12.3 Å². The predicted molar refractivity (Wildman–Crippen MR) is 148 cm³/mol. The van der Waals surface area contributed by atoms with E-state index in [1.807, 2.05) is 48.5 Å². The van der Waals surface area contributed by atoms with Gasteiger partial charge >= 0.3 is 5.97 Å². The molecule has 0 saturated heterocycles. The molecule has 7 nitrogen and oxygen atoms in total. The summed E-state index contributed by atoms with van der Waals surface area (Å²) >= 11 is 1.44. The lowest BCUT2D eigenvalue weighted by Crippen LogP contribution is -2.14. The largest absolute Gasteiger partial charge is 0.482 e. The molecule has 8 heteroatoms. The molecular weight excluding hydrogens is 500 g/mol. The molecular formula is C30H28N2O5S. The highest BCUT2D eigenvalue weighted by Crippen LogP contribution is 2.33. The van der Waals surface area contributed by atoms with Crippen LogP contribution in [0.1, 0.15) is 40.6 Å². The Bertz CT molecular complexity index is 1370. The Hall–Kier alpha value is -4.30. The smallest absolute Gasteiger partial charge is 0.344 e. The van der Waals surface area contributed by atoms with Crippen LogP contribution in [-0.2, 0) is 20.7 Å². The van der Waals surface area contributed by atoms with Crippen molar-refractivity contribution in [3.05, 3.63) is 101 Å². The molecule has 0 spiro atoms. The molecule has 0 saturated carbocycles. The maximum Gasteiger partial charge on any atom is 0.344 e. The molecule has 0 radical (unpaired) electrons. The van der Waals surface area contributed by atoms with E-state index in [4.69, 9.17) is 14.5 Å². The van der Waals surface area contributed by atoms with Crippen LogP contribution < -0.4 is 10.1 Å². The second-order valence-corrected chi connectivity index (χ2v) is 9.49. The first-order valence-corrected chi connectivity index (χ1v) is 13.1. The first kappa shape index (κ1) is 26.8. The average Bonchev–Trinajstić information content (AvgIpc) is 3.33. The molecule has 0 bridgehead atoms. The number of anilines is 1. The Morgan fingerprint density at radius 2 is 1.55 bits per heavy atom. The Morgan fingerprint density at radius 3 is 2.24 bits per heavy atom. The van der Waals surface area contributed by atoms with E-state index in [1.54, 1.807) is 31.2 Å². The van der Waals surface area contributed by atoms with Crippen molar-refractivity contribution in [3.63, 3.8) is 0 Å². The lowest BCUT2D eigenvalue weighted by atomic mass is 10.1. The van der Waals surface area contributed by atoms with Crippen molar-refractivity contribution in [2.45, 2.75) is 26.2 Å². The summed E-state index contributed by atoms with van der Waals surface area (Å²) in [7, 11) is 0. The van der Waals surface area contributed by atoms with Gasteiger partial charge in [-0.2, -0.15) is 0 Å². The van der Waals surface area contributed by atoms with Gasteiger partial charge in [0.2, 0.25) is 5.91 Å². The Balaban J connectivity index is 1.35. The number of rotatable bonds is 12. The van der Waals surface area contributed by atoms with E-state index in [0.717, 1.165) is 21.7 Å². The third-order valence-corrected chi connectivity index (χ3v) is 6.59. The molecule has 194 valence electrons. The number of nitrogens with one attached hydrogen (secondary N) is 1. The molecule has 0 aliphatic rings. The topological polar surface area (TPSA) is 94.6 Å². The molecule has 0 fully saturated rings. The number of amides is 1. The molecule has 0 aliphatic carbocycles. The fourth-order valence-corrected chi connectivity index (χ4v) is 4.80. The van der Waals surface area contributed by atoms with Crippen LogP contribution in [0.25, 0.3) is 11.3 Å². The summed E-state index contributed by atoms with van der Waals surface area (Å²) in [6.07, 6.45) is 0.799. The van der Waals surface area contributed by atoms with Gasteiger partial charge in [-0.25, -0.2) is 9.78 Å².